The molecule has 0 N–H and O–H groups in total. The Kier molecular flexibility index (Phi) is 6.44. The van der Waals surface area contributed by atoms with Gasteiger partial charge < -0.3 is 19.1 Å². The monoisotopic (exact) mass is 307 g/mol. The second kappa shape index (κ2) is 8.07. The molecule has 1 aromatic carbocycles. The number of Topliss-reactive ketones (excluding diaryl/α,β-unsaturated/α-hetero) is 1. The number of rotatable bonds is 7. The van der Waals surface area contributed by atoms with Crippen molar-refractivity contribution < 1.29 is 23.8 Å². The van der Waals surface area contributed by atoms with Crippen LogP contribution in [0.15, 0.2) is 30.0 Å². The van der Waals surface area contributed by atoms with E-state index in [9.17, 15) is 9.59 Å². The van der Waals surface area contributed by atoms with Crippen molar-refractivity contribution in [2.45, 2.75) is 6.92 Å². The normalized spacial score (nSPS) is 10.9. The standard InChI is InChI=1S/C16H21NO5/c1-6-22-16(19)12(10-17(2)3)15(18)11-7-8-13(20-4)14(9-11)21-5/h7-10H,6H2,1-5H3/b12-10-. The molecule has 6 heteroatoms. The number of nitrogens with zero attached hydrogens (tertiary/aromatic N) is 1. The summed E-state index contributed by atoms with van der Waals surface area (Å²) in [5.41, 5.74) is 0.276. The molecule has 0 heterocycles. The summed E-state index contributed by atoms with van der Waals surface area (Å²) in [6, 6.07) is 4.72. The van der Waals surface area contributed by atoms with Crippen molar-refractivity contribution in [1.82, 2.24) is 4.90 Å². The average Bonchev–Trinajstić information content (AvgIpc) is 2.51. The highest BCUT2D eigenvalue weighted by Crippen LogP contribution is 2.28. The van der Waals surface area contributed by atoms with E-state index in [1.165, 1.54) is 26.5 Å². The molecule has 0 saturated carbocycles. The molecule has 0 aliphatic carbocycles. The molecular formula is C16H21NO5. The SMILES string of the molecule is CCOC(=O)/C(=C\N(C)C)C(=O)c1ccc(OC)c(OC)c1. The van der Waals surface area contributed by atoms with E-state index >= 15 is 0 Å². The number of carbonyl (C=O) groups excluding carboxylic acids is 2. The number of esters is 1. The Hall–Kier alpha value is -2.50. The molecule has 1 aromatic rings. The highest BCUT2D eigenvalue weighted by molar-refractivity contribution is 6.24. The smallest absolute Gasteiger partial charge is 0.343 e. The molecule has 0 atom stereocenters. The van der Waals surface area contributed by atoms with Crippen LogP contribution in [0.2, 0.25) is 0 Å². The second-order valence-electron chi connectivity index (χ2n) is 4.63. The summed E-state index contributed by atoms with van der Waals surface area (Å²) in [5.74, 6) is -0.168. The topological polar surface area (TPSA) is 65.1 Å². The second-order valence-corrected chi connectivity index (χ2v) is 4.63. The summed E-state index contributed by atoms with van der Waals surface area (Å²) in [5, 5.41) is 0. The van der Waals surface area contributed by atoms with Gasteiger partial charge in [0.25, 0.3) is 0 Å². The summed E-state index contributed by atoms with van der Waals surface area (Å²) in [7, 11) is 6.44. The maximum atomic E-state index is 12.6. The molecule has 0 aliphatic rings. The third-order valence-electron chi connectivity index (χ3n) is 2.77. The van der Waals surface area contributed by atoms with Crippen LogP contribution in [0.5, 0.6) is 11.5 Å². The summed E-state index contributed by atoms with van der Waals surface area (Å²) >= 11 is 0. The van der Waals surface area contributed by atoms with E-state index in [1.807, 2.05) is 0 Å². The van der Waals surface area contributed by atoms with E-state index in [0.29, 0.717) is 17.1 Å². The Bertz CT molecular complexity index is 578. The Balaban J connectivity index is 3.22. The first-order chi connectivity index (χ1) is 10.4. The summed E-state index contributed by atoms with van der Waals surface area (Å²) < 4.78 is 15.2. The molecule has 0 radical (unpaired) electrons. The molecular weight excluding hydrogens is 286 g/mol. The molecule has 22 heavy (non-hydrogen) atoms. The maximum absolute atomic E-state index is 12.6. The fourth-order valence-corrected chi connectivity index (χ4v) is 1.80. The van der Waals surface area contributed by atoms with Gasteiger partial charge in [-0.3, -0.25) is 4.79 Å². The van der Waals surface area contributed by atoms with Gasteiger partial charge in [-0.1, -0.05) is 0 Å². The van der Waals surface area contributed by atoms with Crippen molar-refractivity contribution in [3.05, 3.63) is 35.5 Å². The van der Waals surface area contributed by atoms with Crippen molar-refractivity contribution >= 4 is 11.8 Å². The van der Waals surface area contributed by atoms with Crippen LogP contribution in [-0.2, 0) is 9.53 Å². The zero-order valence-corrected chi connectivity index (χ0v) is 13.5. The minimum absolute atomic E-state index is 0.0425. The van der Waals surface area contributed by atoms with E-state index in [4.69, 9.17) is 14.2 Å². The fraction of sp³-hybridized carbons (Fsp3) is 0.375. The van der Waals surface area contributed by atoms with Gasteiger partial charge in [0.2, 0.25) is 5.78 Å². The minimum atomic E-state index is -0.656. The average molecular weight is 307 g/mol. The van der Waals surface area contributed by atoms with Gasteiger partial charge in [-0.2, -0.15) is 0 Å². The summed E-state index contributed by atoms with van der Waals surface area (Å²) in [4.78, 5) is 26.2. The zero-order valence-electron chi connectivity index (χ0n) is 13.5. The van der Waals surface area contributed by atoms with Gasteiger partial charge in [-0.15, -0.1) is 0 Å². The Morgan fingerprint density at radius 1 is 1.14 bits per heavy atom. The Morgan fingerprint density at radius 2 is 1.77 bits per heavy atom. The molecule has 6 nitrogen and oxygen atoms in total. The first-order valence-corrected chi connectivity index (χ1v) is 6.76. The first-order valence-electron chi connectivity index (χ1n) is 6.76. The van der Waals surface area contributed by atoms with Crippen LogP contribution in [0.4, 0.5) is 0 Å². The van der Waals surface area contributed by atoms with Crippen molar-refractivity contribution in [3.8, 4) is 11.5 Å². The number of hydrogen-bond acceptors (Lipinski definition) is 6. The molecule has 120 valence electrons. The lowest BCUT2D eigenvalue weighted by Gasteiger charge is -2.12. The Morgan fingerprint density at radius 3 is 2.27 bits per heavy atom. The predicted octanol–water partition coefficient (Wildman–Crippen LogP) is 1.90. The maximum Gasteiger partial charge on any atom is 0.343 e. The fourth-order valence-electron chi connectivity index (χ4n) is 1.80. The van der Waals surface area contributed by atoms with Gasteiger partial charge >= 0.3 is 5.97 Å². The third-order valence-corrected chi connectivity index (χ3v) is 2.77. The van der Waals surface area contributed by atoms with E-state index in [-0.39, 0.29) is 12.2 Å². The number of carbonyl (C=O) groups is 2. The third kappa shape index (κ3) is 4.25. The van der Waals surface area contributed by atoms with Crippen LogP contribution in [0, 0.1) is 0 Å². The molecule has 0 spiro atoms. The lowest BCUT2D eigenvalue weighted by molar-refractivity contribution is -0.138. The van der Waals surface area contributed by atoms with Crippen molar-refractivity contribution in [1.29, 1.82) is 0 Å². The van der Waals surface area contributed by atoms with Gasteiger partial charge in [0.15, 0.2) is 11.5 Å². The number of ketones is 1. The van der Waals surface area contributed by atoms with Crippen LogP contribution >= 0.6 is 0 Å². The van der Waals surface area contributed by atoms with Crippen LogP contribution in [-0.4, -0.2) is 51.6 Å². The van der Waals surface area contributed by atoms with Crippen molar-refractivity contribution in [3.63, 3.8) is 0 Å². The van der Waals surface area contributed by atoms with Crippen LogP contribution in [0.3, 0.4) is 0 Å². The van der Waals surface area contributed by atoms with Crippen LogP contribution < -0.4 is 9.47 Å². The molecule has 0 unspecified atom stereocenters. The number of hydrogen-bond donors (Lipinski definition) is 0. The van der Waals surface area contributed by atoms with Crippen LogP contribution in [0.25, 0.3) is 0 Å². The summed E-state index contributed by atoms with van der Waals surface area (Å²) in [6.07, 6.45) is 1.44. The molecule has 0 saturated heterocycles. The molecule has 1 rings (SSSR count). The van der Waals surface area contributed by atoms with Gasteiger partial charge in [-0.25, -0.2) is 4.79 Å². The predicted molar refractivity (Wildman–Crippen MR) is 82.3 cm³/mol. The van der Waals surface area contributed by atoms with Gasteiger partial charge in [0.05, 0.1) is 20.8 Å². The molecule has 0 aliphatic heterocycles. The highest BCUT2D eigenvalue weighted by atomic mass is 16.5. The molecule has 0 amide bonds. The van der Waals surface area contributed by atoms with E-state index in [0.717, 1.165) is 0 Å². The quantitative estimate of drug-likeness (QED) is 0.252. The highest BCUT2D eigenvalue weighted by Gasteiger charge is 2.22. The zero-order chi connectivity index (χ0) is 16.7. The van der Waals surface area contributed by atoms with Gasteiger partial charge in [0, 0.05) is 25.9 Å². The van der Waals surface area contributed by atoms with Crippen molar-refractivity contribution in [2.75, 3.05) is 34.9 Å². The van der Waals surface area contributed by atoms with E-state index in [2.05, 4.69) is 0 Å². The molecule has 0 aromatic heterocycles. The van der Waals surface area contributed by atoms with E-state index in [1.54, 1.807) is 38.1 Å². The number of ether oxygens (including phenoxy) is 3. The largest absolute Gasteiger partial charge is 0.493 e. The van der Waals surface area contributed by atoms with Gasteiger partial charge in [0.1, 0.15) is 5.57 Å². The number of benzene rings is 1. The van der Waals surface area contributed by atoms with Gasteiger partial charge in [-0.05, 0) is 25.1 Å². The van der Waals surface area contributed by atoms with E-state index < -0.39 is 11.8 Å². The Labute approximate surface area is 130 Å². The lowest BCUT2D eigenvalue weighted by atomic mass is 10.0. The van der Waals surface area contributed by atoms with Crippen LogP contribution in [0.1, 0.15) is 17.3 Å². The summed E-state index contributed by atoms with van der Waals surface area (Å²) in [6.45, 7) is 1.88. The minimum Gasteiger partial charge on any atom is -0.493 e. The lowest BCUT2D eigenvalue weighted by Crippen LogP contribution is -2.19. The first kappa shape index (κ1) is 17.6. The molecule has 0 bridgehead atoms. The van der Waals surface area contributed by atoms with Crippen molar-refractivity contribution in [2.24, 2.45) is 0 Å². The number of methoxy groups -OCH3 is 2. The molecule has 0 fully saturated rings.